The van der Waals surface area contributed by atoms with E-state index in [1.165, 1.54) is 43.0 Å². The third-order valence-corrected chi connectivity index (χ3v) is 3.94. The Kier molecular flexibility index (Phi) is 5.68. The molecule has 0 amide bonds. The maximum atomic E-state index is 13.7. The van der Waals surface area contributed by atoms with Gasteiger partial charge in [0.1, 0.15) is 11.6 Å². The molecule has 2 nitrogen and oxygen atoms in total. The zero-order chi connectivity index (χ0) is 14.4. The lowest BCUT2D eigenvalue weighted by Crippen LogP contribution is -2.39. The molecule has 1 aliphatic rings. The number of hydrogen-bond donors (Lipinski definition) is 2. The Morgan fingerprint density at radius 1 is 1.10 bits per heavy atom. The Morgan fingerprint density at radius 3 is 2.50 bits per heavy atom. The Balaban J connectivity index is 2.15. The molecule has 3 N–H and O–H groups in total. The number of benzene rings is 1. The number of halogens is 2. The lowest BCUT2D eigenvalue weighted by Gasteiger charge is -2.22. The van der Waals surface area contributed by atoms with E-state index < -0.39 is 11.6 Å². The minimum absolute atomic E-state index is 0.110. The van der Waals surface area contributed by atoms with Gasteiger partial charge in [-0.05, 0) is 44.2 Å². The van der Waals surface area contributed by atoms with Crippen molar-refractivity contribution in [1.82, 2.24) is 5.43 Å². The van der Waals surface area contributed by atoms with E-state index in [1.54, 1.807) is 0 Å². The smallest absolute Gasteiger partial charge is 0.129 e. The van der Waals surface area contributed by atoms with Crippen molar-refractivity contribution in [3.05, 3.63) is 47.0 Å². The van der Waals surface area contributed by atoms with Crippen molar-refractivity contribution in [2.45, 2.75) is 51.0 Å². The van der Waals surface area contributed by atoms with Crippen LogP contribution in [0.15, 0.2) is 29.8 Å². The molecule has 1 atom stereocenters. The van der Waals surface area contributed by atoms with Gasteiger partial charge in [0.15, 0.2) is 0 Å². The van der Waals surface area contributed by atoms with Crippen molar-refractivity contribution < 1.29 is 8.78 Å². The van der Waals surface area contributed by atoms with Crippen LogP contribution in [0.5, 0.6) is 0 Å². The summed E-state index contributed by atoms with van der Waals surface area (Å²) in [4.78, 5) is 0. The van der Waals surface area contributed by atoms with Gasteiger partial charge >= 0.3 is 0 Å². The predicted octanol–water partition coefficient (Wildman–Crippen LogP) is 3.62. The average molecular weight is 280 g/mol. The van der Waals surface area contributed by atoms with Crippen molar-refractivity contribution in [3.63, 3.8) is 0 Å². The third kappa shape index (κ3) is 3.87. The highest BCUT2D eigenvalue weighted by Crippen LogP contribution is 2.23. The second kappa shape index (κ2) is 7.50. The largest absolute Gasteiger partial charge is 0.271 e. The molecule has 0 heterocycles. The fraction of sp³-hybridized carbons (Fsp3) is 0.500. The molecule has 0 aliphatic heterocycles. The third-order valence-electron chi connectivity index (χ3n) is 3.94. The van der Waals surface area contributed by atoms with Crippen LogP contribution in [-0.2, 0) is 6.42 Å². The molecule has 0 spiro atoms. The van der Waals surface area contributed by atoms with E-state index in [-0.39, 0.29) is 18.0 Å². The molecule has 1 aromatic rings. The van der Waals surface area contributed by atoms with Crippen molar-refractivity contribution >= 4 is 0 Å². The summed E-state index contributed by atoms with van der Waals surface area (Å²) < 4.78 is 27.5. The minimum Gasteiger partial charge on any atom is -0.271 e. The number of rotatable bonds is 4. The monoisotopic (exact) mass is 280 g/mol. The molecule has 0 saturated heterocycles. The van der Waals surface area contributed by atoms with Crippen molar-refractivity contribution in [2.24, 2.45) is 5.84 Å². The van der Waals surface area contributed by atoms with Crippen LogP contribution < -0.4 is 11.3 Å². The van der Waals surface area contributed by atoms with Crippen LogP contribution in [-0.4, -0.2) is 6.04 Å². The first-order chi connectivity index (χ1) is 9.72. The fourth-order valence-electron chi connectivity index (χ4n) is 2.76. The minimum atomic E-state index is -0.503. The van der Waals surface area contributed by atoms with E-state index in [1.807, 2.05) is 0 Å². The van der Waals surface area contributed by atoms with Gasteiger partial charge in [0, 0.05) is 11.6 Å². The molecule has 0 saturated carbocycles. The highest BCUT2D eigenvalue weighted by Gasteiger charge is 2.18. The van der Waals surface area contributed by atoms with Crippen molar-refractivity contribution in [2.75, 3.05) is 0 Å². The number of nitrogens with one attached hydrogen (secondary N) is 1. The van der Waals surface area contributed by atoms with Crippen LogP contribution in [0.25, 0.3) is 0 Å². The van der Waals surface area contributed by atoms with E-state index in [9.17, 15) is 8.78 Å². The lowest BCUT2D eigenvalue weighted by molar-refractivity contribution is 0.501. The van der Waals surface area contributed by atoms with Crippen LogP contribution in [0.3, 0.4) is 0 Å². The number of nitrogens with two attached hydrogens (primary N) is 1. The summed E-state index contributed by atoms with van der Waals surface area (Å²) in [6.07, 6.45) is 9.16. The Bertz CT molecular complexity index is 451. The normalized spacial score (nSPS) is 20.6. The first-order valence-electron chi connectivity index (χ1n) is 7.30. The zero-order valence-electron chi connectivity index (χ0n) is 11.7. The molecule has 20 heavy (non-hydrogen) atoms. The quantitative estimate of drug-likeness (QED) is 0.502. The van der Waals surface area contributed by atoms with Crippen LogP contribution in [0.4, 0.5) is 8.78 Å². The maximum Gasteiger partial charge on any atom is 0.129 e. The van der Waals surface area contributed by atoms with Gasteiger partial charge < -0.3 is 0 Å². The second-order valence-corrected chi connectivity index (χ2v) is 5.36. The molecule has 0 aromatic heterocycles. The summed E-state index contributed by atoms with van der Waals surface area (Å²) in [6.45, 7) is 0. The second-order valence-electron chi connectivity index (χ2n) is 5.36. The highest BCUT2D eigenvalue weighted by atomic mass is 19.1. The summed E-state index contributed by atoms with van der Waals surface area (Å²) in [5, 5.41) is 0. The molecule has 1 unspecified atom stereocenters. The van der Waals surface area contributed by atoms with Gasteiger partial charge in [0.2, 0.25) is 0 Å². The summed E-state index contributed by atoms with van der Waals surface area (Å²) in [5.74, 6) is 4.60. The number of allylic oxidation sites excluding steroid dienone is 1. The van der Waals surface area contributed by atoms with E-state index in [0.29, 0.717) is 0 Å². The average Bonchev–Trinajstić information content (AvgIpc) is 2.39. The molecule has 2 rings (SSSR count). The summed E-state index contributed by atoms with van der Waals surface area (Å²) in [6, 6.07) is 3.77. The Morgan fingerprint density at radius 2 is 1.80 bits per heavy atom. The molecule has 1 aromatic carbocycles. The molecular weight excluding hydrogens is 258 g/mol. The highest BCUT2D eigenvalue weighted by molar-refractivity contribution is 5.24. The fourth-order valence-corrected chi connectivity index (χ4v) is 2.76. The molecule has 1 aliphatic carbocycles. The van der Waals surface area contributed by atoms with Gasteiger partial charge in [-0.1, -0.05) is 30.6 Å². The summed E-state index contributed by atoms with van der Waals surface area (Å²) in [5.41, 5.74) is 4.01. The zero-order valence-corrected chi connectivity index (χ0v) is 11.7. The van der Waals surface area contributed by atoms with Crippen LogP contribution in [0.1, 0.15) is 44.1 Å². The van der Waals surface area contributed by atoms with Crippen LogP contribution in [0, 0.1) is 11.6 Å². The van der Waals surface area contributed by atoms with Crippen LogP contribution >= 0.6 is 0 Å². The Labute approximate surface area is 119 Å². The van der Waals surface area contributed by atoms with Gasteiger partial charge in [-0.15, -0.1) is 0 Å². The molecule has 110 valence electrons. The molecular formula is C16H22F2N2. The van der Waals surface area contributed by atoms with E-state index in [0.717, 1.165) is 19.3 Å². The topological polar surface area (TPSA) is 38.0 Å². The van der Waals surface area contributed by atoms with E-state index in [2.05, 4.69) is 11.5 Å². The standard InChI is InChI=1S/C16H22F2N2/c17-14-9-6-10-15(18)13(14)11-16(20-19)12-7-4-2-1-3-5-8-12/h6-7,9-10,16,20H,1-5,8,11,19H2/b12-7+. The predicted molar refractivity (Wildman–Crippen MR) is 77.0 cm³/mol. The maximum absolute atomic E-state index is 13.7. The molecule has 4 heteroatoms. The first-order valence-corrected chi connectivity index (χ1v) is 7.30. The lowest BCUT2D eigenvalue weighted by atomic mass is 9.91. The van der Waals surface area contributed by atoms with Gasteiger partial charge in [0.25, 0.3) is 0 Å². The van der Waals surface area contributed by atoms with Crippen molar-refractivity contribution in [3.8, 4) is 0 Å². The van der Waals surface area contributed by atoms with Gasteiger partial charge in [-0.2, -0.15) is 0 Å². The number of hydrazine groups is 1. The summed E-state index contributed by atoms with van der Waals surface area (Å²) in [7, 11) is 0. The molecule has 0 radical (unpaired) electrons. The van der Waals surface area contributed by atoms with Gasteiger partial charge in [0.05, 0.1) is 0 Å². The van der Waals surface area contributed by atoms with Gasteiger partial charge in [-0.3, -0.25) is 11.3 Å². The van der Waals surface area contributed by atoms with Crippen LogP contribution in [0.2, 0.25) is 0 Å². The van der Waals surface area contributed by atoms with E-state index in [4.69, 9.17) is 5.84 Å². The molecule has 0 bridgehead atoms. The summed E-state index contributed by atoms with van der Waals surface area (Å²) >= 11 is 0. The number of hydrogen-bond acceptors (Lipinski definition) is 2. The van der Waals surface area contributed by atoms with Gasteiger partial charge in [-0.25, -0.2) is 8.78 Å². The van der Waals surface area contributed by atoms with E-state index >= 15 is 0 Å². The molecule has 0 fully saturated rings. The van der Waals surface area contributed by atoms with Crippen molar-refractivity contribution in [1.29, 1.82) is 0 Å². The SMILES string of the molecule is NNC(Cc1c(F)cccc1F)/C1=C/CCCCCC1. The first kappa shape index (κ1) is 15.1. The Hall–Kier alpha value is -1.26.